The molecular formula is C19H19N5O2S. The van der Waals surface area contributed by atoms with Crippen LogP contribution in [0.3, 0.4) is 0 Å². The van der Waals surface area contributed by atoms with E-state index in [4.69, 9.17) is 5.14 Å². The summed E-state index contributed by atoms with van der Waals surface area (Å²) in [4.78, 5) is 4.73. The zero-order valence-corrected chi connectivity index (χ0v) is 15.6. The molecule has 0 aliphatic rings. The van der Waals surface area contributed by atoms with E-state index in [0.29, 0.717) is 5.52 Å². The fraction of sp³-hybridized carbons (Fsp3) is 0.158. The number of hydrogen-bond donors (Lipinski definition) is 1. The maximum Gasteiger partial charge on any atom is 0.238 e. The lowest BCUT2D eigenvalue weighted by Gasteiger charge is -2.06. The van der Waals surface area contributed by atoms with E-state index in [1.54, 1.807) is 16.9 Å². The van der Waals surface area contributed by atoms with Crippen molar-refractivity contribution in [1.29, 1.82) is 0 Å². The monoisotopic (exact) mass is 381 g/mol. The number of fused-ring (bicyclic) bond motifs is 1. The van der Waals surface area contributed by atoms with E-state index in [1.165, 1.54) is 12.1 Å². The van der Waals surface area contributed by atoms with Gasteiger partial charge in [0.15, 0.2) is 0 Å². The normalized spacial score (nSPS) is 11.9. The Hall–Kier alpha value is -2.97. The summed E-state index contributed by atoms with van der Waals surface area (Å²) in [5.41, 5.74) is 3.28. The third kappa shape index (κ3) is 3.24. The number of nitrogens with zero attached hydrogens (tertiary/aromatic N) is 4. The van der Waals surface area contributed by atoms with Gasteiger partial charge >= 0.3 is 0 Å². The third-order valence-corrected chi connectivity index (χ3v) is 5.27. The number of hydrogen-bond acceptors (Lipinski definition) is 4. The number of aryl methyl sites for hydroxylation is 1. The summed E-state index contributed by atoms with van der Waals surface area (Å²) >= 11 is 0. The van der Waals surface area contributed by atoms with Crippen LogP contribution in [0.25, 0.3) is 28.1 Å². The molecule has 2 heterocycles. The van der Waals surface area contributed by atoms with Gasteiger partial charge in [0.05, 0.1) is 33.4 Å². The minimum Gasteiger partial charge on any atom is -0.324 e. The second-order valence-electron chi connectivity index (χ2n) is 6.29. The molecule has 0 fully saturated rings. The lowest BCUT2D eigenvalue weighted by Crippen LogP contribution is -2.11. The van der Waals surface area contributed by atoms with Crippen LogP contribution in [0.15, 0.2) is 65.8 Å². The lowest BCUT2D eigenvalue weighted by molar-refractivity contribution is 0.598. The highest BCUT2D eigenvalue weighted by molar-refractivity contribution is 7.89. The van der Waals surface area contributed by atoms with Crippen LogP contribution in [-0.4, -0.2) is 27.7 Å². The Morgan fingerprint density at radius 1 is 1.11 bits per heavy atom. The Labute approximate surface area is 157 Å². The molecule has 0 amide bonds. The van der Waals surface area contributed by atoms with Gasteiger partial charge in [0.1, 0.15) is 5.82 Å². The second kappa shape index (κ2) is 6.64. The van der Waals surface area contributed by atoms with E-state index >= 15 is 0 Å². The summed E-state index contributed by atoms with van der Waals surface area (Å²) in [6.07, 6.45) is 4.60. The van der Waals surface area contributed by atoms with Crippen molar-refractivity contribution in [2.75, 3.05) is 0 Å². The molecule has 2 N–H and O–H groups in total. The summed E-state index contributed by atoms with van der Waals surface area (Å²) in [5.74, 6) is 0.751. The van der Waals surface area contributed by atoms with Crippen molar-refractivity contribution in [2.45, 2.75) is 24.8 Å². The van der Waals surface area contributed by atoms with Crippen LogP contribution in [0.5, 0.6) is 0 Å². The Kier molecular flexibility index (Phi) is 4.29. The zero-order valence-electron chi connectivity index (χ0n) is 14.8. The number of aromatic nitrogens is 4. The third-order valence-electron chi connectivity index (χ3n) is 4.36. The summed E-state index contributed by atoms with van der Waals surface area (Å²) in [5, 5.41) is 9.69. The van der Waals surface area contributed by atoms with Gasteiger partial charge in [-0.15, -0.1) is 0 Å². The van der Waals surface area contributed by atoms with Gasteiger partial charge in [-0.2, -0.15) is 5.10 Å². The molecule has 0 spiro atoms. The summed E-state index contributed by atoms with van der Waals surface area (Å²) < 4.78 is 27.2. The number of rotatable bonds is 5. The van der Waals surface area contributed by atoms with Crippen molar-refractivity contribution in [1.82, 2.24) is 19.3 Å². The summed E-state index contributed by atoms with van der Waals surface area (Å²) in [7, 11) is -3.77. The highest BCUT2D eigenvalue weighted by Crippen LogP contribution is 2.27. The minimum absolute atomic E-state index is 0.0580. The number of primary sulfonamides is 1. The predicted molar refractivity (Wildman–Crippen MR) is 104 cm³/mol. The van der Waals surface area contributed by atoms with E-state index in [-0.39, 0.29) is 4.90 Å². The predicted octanol–water partition coefficient (Wildman–Crippen LogP) is 2.95. The largest absolute Gasteiger partial charge is 0.324 e. The Balaban J connectivity index is 1.86. The number of imidazole rings is 1. The summed E-state index contributed by atoms with van der Waals surface area (Å²) in [6, 6.07) is 14.6. The SMILES string of the molecule is CCCn1c(-c2cnn(-c3ccccc3)c2)nc2cc(S(N)(=O)=O)ccc21. The van der Waals surface area contributed by atoms with Crippen LogP contribution < -0.4 is 5.14 Å². The first-order valence-electron chi connectivity index (χ1n) is 8.61. The van der Waals surface area contributed by atoms with E-state index in [9.17, 15) is 8.42 Å². The molecule has 2 aromatic heterocycles. The van der Waals surface area contributed by atoms with Crippen LogP contribution in [0.1, 0.15) is 13.3 Å². The topological polar surface area (TPSA) is 95.8 Å². The van der Waals surface area contributed by atoms with Crippen molar-refractivity contribution in [2.24, 2.45) is 5.14 Å². The van der Waals surface area contributed by atoms with E-state index in [0.717, 1.165) is 35.6 Å². The van der Waals surface area contributed by atoms with Crippen LogP contribution in [-0.2, 0) is 16.6 Å². The number of para-hydroxylation sites is 1. The van der Waals surface area contributed by atoms with E-state index in [1.807, 2.05) is 36.5 Å². The minimum atomic E-state index is -3.77. The summed E-state index contributed by atoms with van der Waals surface area (Å²) in [6.45, 7) is 2.85. The molecule has 2 aromatic carbocycles. The van der Waals surface area contributed by atoms with Gasteiger partial charge < -0.3 is 4.57 Å². The molecular weight excluding hydrogens is 362 g/mol. The second-order valence-corrected chi connectivity index (χ2v) is 7.85. The molecule has 27 heavy (non-hydrogen) atoms. The average Bonchev–Trinajstić information content (AvgIpc) is 3.27. The first-order chi connectivity index (χ1) is 13.0. The first-order valence-corrected chi connectivity index (χ1v) is 10.2. The molecule has 0 atom stereocenters. The highest BCUT2D eigenvalue weighted by atomic mass is 32.2. The Morgan fingerprint density at radius 2 is 1.89 bits per heavy atom. The molecule has 0 unspecified atom stereocenters. The fourth-order valence-electron chi connectivity index (χ4n) is 3.12. The smallest absolute Gasteiger partial charge is 0.238 e. The molecule has 7 nitrogen and oxygen atoms in total. The molecule has 138 valence electrons. The Bertz CT molecular complexity index is 1210. The van der Waals surface area contributed by atoms with Crippen molar-refractivity contribution in [3.63, 3.8) is 0 Å². The van der Waals surface area contributed by atoms with Crippen LogP contribution in [0.2, 0.25) is 0 Å². The molecule has 4 rings (SSSR count). The zero-order chi connectivity index (χ0) is 19.0. The first kappa shape index (κ1) is 17.4. The Morgan fingerprint density at radius 3 is 2.59 bits per heavy atom. The van der Waals surface area contributed by atoms with Crippen molar-refractivity contribution in [3.05, 3.63) is 60.9 Å². The standard InChI is InChI=1S/C19H19N5O2S/c1-2-10-23-18-9-8-16(27(20,25)26)11-17(18)22-19(23)14-12-21-24(13-14)15-6-4-3-5-7-15/h3-9,11-13H,2,10H2,1H3,(H2,20,25,26). The molecule has 0 aliphatic heterocycles. The van der Waals surface area contributed by atoms with Gasteiger partial charge in [-0.25, -0.2) is 23.2 Å². The molecule has 0 aliphatic carbocycles. The van der Waals surface area contributed by atoms with Gasteiger partial charge in [-0.3, -0.25) is 0 Å². The van der Waals surface area contributed by atoms with E-state index < -0.39 is 10.0 Å². The maximum absolute atomic E-state index is 11.7. The lowest BCUT2D eigenvalue weighted by atomic mass is 10.3. The van der Waals surface area contributed by atoms with Crippen molar-refractivity contribution < 1.29 is 8.42 Å². The molecule has 0 radical (unpaired) electrons. The molecule has 8 heteroatoms. The molecule has 0 saturated carbocycles. The van der Waals surface area contributed by atoms with Crippen LogP contribution >= 0.6 is 0 Å². The fourth-order valence-corrected chi connectivity index (χ4v) is 3.65. The number of sulfonamides is 1. The van der Waals surface area contributed by atoms with Gasteiger partial charge in [0.2, 0.25) is 10.0 Å². The number of benzene rings is 2. The van der Waals surface area contributed by atoms with Crippen molar-refractivity contribution in [3.8, 4) is 17.1 Å². The number of nitrogens with two attached hydrogens (primary N) is 1. The molecule has 0 bridgehead atoms. The van der Waals surface area contributed by atoms with Crippen LogP contribution in [0.4, 0.5) is 0 Å². The van der Waals surface area contributed by atoms with Gasteiger partial charge in [-0.05, 0) is 36.8 Å². The average molecular weight is 381 g/mol. The van der Waals surface area contributed by atoms with Gasteiger partial charge in [0, 0.05) is 12.7 Å². The van der Waals surface area contributed by atoms with Crippen LogP contribution in [0, 0.1) is 0 Å². The molecule has 4 aromatic rings. The maximum atomic E-state index is 11.7. The molecule has 0 saturated heterocycles. The highest BCUT2D eigenvalue weighted by Gasteiger charge is 2.17. The van der Waals surface area contributed by atoms with Crippen molar-refractivity contribution >= 4 is 21.1 Å². The van der Waals surface area contributed by atoms with Gasteiger partial charge in [0.25, 0.3) is 0 Å². The quantitative estimate of drug-likeness (QED) is 0.575. The van der Waals surface area contributed by atoms with Gasteiger partial charge in [-0.1, -0.05) is 25.1 Å². The van der Waals surface area contributed by atoms with E-state index in [2.05, 4.69) is 21.6 Å².